The molecule has 0 saturated carbocycles. The van der Waals surface area contributed by atoms with Gasteiger partial charge in [0.15, 0.2) is 6.10 Å². The van der Waals surface area contributed by atoms with E-state index in [2.05, 4.69) is 15.1 Å². The molecule has 0 saturated heterocycles. The monoisotopic (exact) mass is 459 g/mol. The summed E-state index contributed by atoms with van der Waals surface area (Å²) in [5.74, 6) is -0.587. The first-order chi connectivity index (χ1) is 15.3. The molecule has 0 aliphatic carbocycles. The van der Waals surface area contributed by atoms with E-state index >= 15 is 0 Å². The number of hydrogen-bond donors (Lipinski definition) is 0. The molecule has 0 radical (unpaired) electrons. The zero-order valence-electron chi connectivity index (χ0n) is 16.7. The average molecular weight is 459 g/mol. The molecule has 0 N–H and O–H groups in total. The topological polar surface area (TPSA) is 78.1 Å². The number of benzene rings is 2. The lowest BCUT2D eigenvalue weighted by Gasteiger charge is -2.08. The van der Waals surface area contributed by atoms with Crippen molar-refractivity contribution in [3.63, 3.8) is 0 Å². The van der Waals surface area contributed by atoms with Gasteiger partial charge in [-0.25, -0.2) is 4.98 Å². The Morgan fingerprint density at radius 3 is 2.59 bits per heavy atom. The summed E-state index contributed by atoms with van der Waals surface area (Å²) in [4.78, 5) is 20.8. The molecular weight excluding hydrogens is 443 g/mol. The van der Waals surface area contributed by atoms with E-state index in [-0.39, 0.29) is 23.7 Å². The lowest BCUT2D eigenvalue weighted by atomic mass is 10.1. The number of thiazole rings is 1. The maximum atomic E-state index is 12.9. The van der Waals surface area contributed by atoms with Crippen LogP contribution in [0.15, 0.2) is 64.5 Å². The van der Waals surface area contributed by atoms with E-state index in [1.807, 2.05) is 30.3 Å². The van der Waals surface area contributed by atoms with Crippen molar-refractivity contribution < 1.29 is 27.2 Å². The third-order valence-corrected chi connectivity index (χ3v) is 5.38. The van der Waals surface area contributed by atoms with Gasteiger partial charge in [0.1, 0.15) is 5.01 Å². The van der Waals surface area contributed by atoms with Gasteiger partial charge in [-0.05, 0) is 19.1 Å². The molecule has 0 aliphatic heterocycles. The van der Waals surface area contributed by atoms with Crippen LogP contribution in [-0.2, 0) is 22.1 Å². The van der Waals surface area contributed by atoms with Crippen molar-refractivity contribution in [3.05, 3.63) is 77.1 Å². The lowest BCUT2D eigenvalue weighted by Crippen LogP contribution is -2.12. The quantitative estimate of drug-likeness (QED) is 0.343. The molecule has 4 aromatic rings. The van der Waals surface area contributed by atoms with E-state index < -0.39 is 23.8 Å². The third-order valence-electron chi connectivity index (χ3n) is 4.44. The van der Waals surface area contributed by atoms with Crippen LogP contribution in [0.25, 0.3) is 22.0 Å². The Morgan fingerprint density at radius 1 is 1.09 bits per heavy atom. The highest BCUT2D eigenvalue weighted by molar-refractivity contribution is 7.13. The molecule has 4 rings (SSSR count). The number of carbonyl (C=O) groups is 1. The Morgan fingerprint density at radius 2 is 1.84 bits per heavy atom. The molecule has 2 aromatic heterocycles. The van der Waals surface area contributed by atoms with Crippen molar-refractivity contribution in [2.24, 2.45) is 0 Å². The number of ether oxygens (including phenoxy) is 1. The Balaban J connectivity index is 1.40. The van der Waals surface area contributed by atoms with Crippen molar-refractivity contribution in [3.8, 4) is 22.0 Å². The molecule has 0 amide bonds. The van der Waals surface area contributed by atoms with Gasteiger partial charge in [0.25, 0.3) is 5.89 Å². The average Bonchev–Trinajstić information content (AvgIpc) is 3.44. The van der Waals surface area contributed by atoms with E-state index in [9.17, 15) is 18.0 Å². The first-order valence-corrected chi connectivity index (χ1v) is 10.4. The molecule has 1 atom stereocenters. The number of esters is 1. The van der Waals surface area contributed by atoms with Crippen LogP contribution in [-0.4, -0.2) is 21.1 Å². The normalized spacial score (nSPS) is 12.5. The Bertz CT molecular complexity index is 1220. The largest absolute Gasteiger partial charge is 0.452 e. The second-order valence-corrected chi connectivity index (χ2v) is 7.71. The molecule has 32 heavy (non-hydrogen) atoms. The van der Waals surface area contributed by atoms with Crippen LogP contribution in [0.4, 0.5) is 13.2 Å². The van der Waals surface area contributed by atoms with E-state index in [0.717, 1.165) is 22.7 Å². The van der Waals surface area contributed by atoms with Crippen LogP contribution >= 0.6 is 11.3 Å². The van der Waals surface area contributed by atoms with Crippen LogP contribution in [0.5, 0.6) is 0 Å². The molecule has 2 aromatic carbocycles. The smallest absolute Gasteiger partial charge is 0.416 e. The predicted molar refractivity (Wildman–Crippen MR) is 110 cm³/mol. The summed E-state index contributed by atoms with van der Waals surface area (Å²) in [6, 6.07) is 14.2. The number of halogens is 3. The Kier molecular flexibility index (Phi) is 6.04. The first-order valence-electron chi connectivity index (χ1n) is 9.50. The number of aromatic nitrogens is 3. The maximum Gasteiger partial charge on any atom is 0.416 e. The fourth-order valence-electron chi connectivity index (χ4n) is 2.89. The summed E-state index contributed by atoms with van der Waals surface area (Å²) in [6.45, 7) is 1.54. The summed E-state index contributed by atoms with van der Waals surface area (Å²) in [5.41, 5.74) is 0.850. The Hall–Kier alpha value is -3.53. The first kappa shape index (κ1) is 21.7. The molecular formula is C22H16F3N3O3S. The fraction of sp³-hybridized carbons (Fsp3) is 0.182. The molecule has 2 heterocycles. The van der Waals surface area contributed by atoms with E-state index in [1.54, 1.807) is 5.38 Å². The molecule has 10 heteroatoms. The van der Waals surface area contributed by atoms with Crippen molar-refractivity contribution in [1.82, 2.24) is 15.1 Å². The zero-order valence-corrected chi connectivity index (χ0v) is 17.5. The minimum absolute atomic E-state index is 0.0194. The number of alkyl halides is 3. The molecule has 0 aliphatic rings. The molecule has 6 nitrogen and oxygen atoms in total. The van der Waals surface area contributed by atoms with Crippen molar-refractivity contribution in [2.45, 2.75) is 25.6 Å². The van der Waals surface area contributed by atoms with Gasteiger partial charge in [-0.2, -0.15) is 18.2 Å². The standard InChI is InChI=1S/C22H16F3N3O3S/c1-13(20-27-19(28-31-20)15-8-5-9-16(10-15)22(23,24)25)30-18(29)11-17-12-32-21(26-17)14-6-3-2-4-7-14/h2-10,12-13H,11H2,1H3. The summed E-state index contributed by atoms with van der Waals surface area (Å²) >= 11 is 1.42. The number of carbonyl (C=O) groups excluding carboxylic acids is 1. The van der Waals surface area contributed by atoms with Crippen LogP contribution in [0.2, 0.25) is 0 Å². The second-order valence-electron chi connectivity index (χ2n) is 6.85. The van der Waals surface area contributed by atoms with Gasteiger partial charge < -0.3 is 9.26 Å². The molecule has 1 unspecified atom stereocenters. The lowest BCUT2D eigenvalue weighted by molar-refractivity contribution is -0.149. The summed E-state index contributed by atoms with van der Waals surface area (Å²) in [7, 11) is 0. The van der Waals surface area contributed by atoms with Gasteiger partial charge >= 0.3 is 12.1 Å². The van der Waals surface area contributed by atoms with E-state index in [4.69, 9.17) is 9.26 Å². The fourth-order valence-corrected chi connectivity index (χ4v) is 3.72. The van der Waals surface area contributed by atoms with E-state index in [1.165, 1.54) is 30.4 Å². The zero-order chi connectivity index (χ0) is 22.7. The number of hydrogen-bond acceptors (Lipinski definition) is 7. The molecule has 0 bridgehead atoms. The van der Waals surface area contributed by atoms with E-state index in [0.29, 0.717) is 5.69 Å². The van der Waals surface area contributed by atoms with Gasteiger partial charge in [0, 0.05) is 16.5 Å². The summed E-state index contributed by atoms with van der Waals surface area (Å²) in [6.07, 6.45) is -5.40. The minimum Gasteiger partial charge on any atom is -0.452 e. The van der Waals surface area contributed by atoms with Crippen molar-refractivity contribution in [2.75, 3.05) is 0 Å². The van der Waals surface area contributed by atoms with Crippen molar-refractivity contribution >= 4 is 17.3 Å². The van der Waals surface area contributed by atoms with Crippen LogP contribution in [0.1, 0.15) is 30.2 Å². The predicted octanol–water partition coefficient (Wildman–Crippen LogP) is 5.73. The highest BCUT2D eigenvalue weighted by atomic mass is 32.1. The molecule has 164 valence electrons. The highest BCUT2D eigenvalue weighted by Gasteiger charge is 2.31. The van der Waals surface area contributed by atoms with Gasteiger partial charge in [0.2, 0.25) is 5.82 Å². The summed E-state index contributed by atoms with van der Waals surface area (Å²) < 4.78 is 49.2. The van der Waals surface area contributed by atoms with Gasteiger partial charge in [-0.1, -0.05) is 47.6 Å². The maximum absolute atomic E-state index is 12.9. The number of rotatable bonds is 6. The molecule has 0 fully saturated rings. The minimum atomic E-state index is -4.48. The van der Waals surface area contributed by atoms with Crippen molar-refractivity contribution in [1.29, 1.82) is 0 Å². The van der Waals surface area contributed by atoms with Crippen LogP contribution in [0, 0.1) is 0 Å². The summed E-state index contributed by atoms with van der Waals surface area (Å²) in [5, 5.41) is 6.28. The molecule has 0 spiro atoms. The second kappa shape index (κ2) is 8.91. The SMILES string of the molecule is CC(OC(=O)Cc1csc(-c2ccccc2)n1)c1nc(-c2cccc(C(F)(F)F)c2)no1. The number of nitrogens with zero attached hydrogens (tertiary/aromatic N) is 3. The Labute approximate surface area is 184 Å². The van der Waals surface area contributed by atoms with Gasteiger partial charge in [0.05, 0.1) is 17.7 Å². The van der Waals surface area contributed by atoms with Crippen LogP contribution in [0.3, 0.4) is 0 Å². The van der Waals surface area contributed by atoms with Gasteiger partial charge in [-0.15, -0.1) is 11.3 Å². The highest BCUT2D eigenvalue weighted by Crippen LogP contribution is 2.32. The van der Waals surface area contributed by atoms with Crippen LogP contribution < -0.4 is 0 Å². The third kappa shape index (κ3) is 5.02. The van der Waals surface area contributed by atoms with Gasteiger partial charge in [-0.3, -0.25) is 4.79 Å².